The minimum Gasteiger partial charge on any atom is -0.480 e. The number of amides is 3. The van der Waals surface area contributed by atoms with Gasteiger partial charge in [-0.2, -0.15) is 0 Å². The first-order chi connectivity index (χ1) is 8.88. The number of nitrogens with one attached hydrogen (secondary N) is 3. The SMILES string of the molecule is COCCNC(=O)NC(=O)CNC(C(=O)O)C(C)C. The molecule has 0 aromatic rings. The minimum absolute atomic E-state index is 0.166. The van der Waals surface area contributed by atoms with E-state index in [9.17, 15) is 14.4 Å². The molecule has 110 valence electrons. The van der Waals surface area contributed by atoms with Crippen LogP contribution in [0.5, 0.6) is 0 Å². The van der Waals surface area contributed by atoms with Crippen molar-refractivity contribution >= 4 is 17.9 Å². The Labute approximate surface area is 111 Å². The predicted octanol–water partition coefficient (Wildman–Crippen LogP) is -0.843. The van der Waals surface area contributed by atoms with E-state index >= 15 is 0 Å². The molecule has 0 aliphatic carbocycles. The Hall–Kier alpha value is -1.67. The number of carboxylic acid groups (broad SMARTS) is 1. The van der Waals surface area contributed by atoms with Gasteiger partial charge in [0.1, 0.15) is 6.04 Å². The van der Waals surface area contributed by atoms with Crippen molar-refractivity contribution in [2.75, 3.05) is 26.8 Å². The Balaban J connectivity index is 3.97. The maximum atomic E-state index is 11.4. The number of imide groups is 1. The van der Waals surface area contributed by atoms with Gasteiger partial charge in [0.2, 0.25) is 5.91 Å². The van der Waals surface area contributed by atoms with Gasteiger partial charge >= 0.3 is 12.0 Å². The molecule has 0 rings (SSSR count). The van der Waals surface area contributed by atoms with E-state index in [1.54, 1.807) is 13.8 Å². The Morgan fingerprint density at radius 3 is 2.37 bits per heavy atom. The van der Waals surface area contributed by atoms with Crippen molar-refractivity contribution in [3.05, 3.63) is 0 Å². The van der Waals surface area contributed by atoms with Crippen molar-refractivity contribution in [3.63, 3.8) is 0 Å². The van der Waals surface area contributed by atoms with E-state index in [-0.39, 0.29) is 19.0 Å². The van der Waals surface area contributed by atoms with Gasteiger partial charge in [0.25, 0.3) is 0 Å². The summed E-state index contributed by atoms with van der Waals surface area (Å²) >= 11 is 0. The highest BCUT2D eigenvalue weighted by atomic mass is 16.5. The zero-order valence-electron chi connectivity index (χ0n) is 11.4. The zero-order valence-corrected chi connectivity index (χ0v) is 11.4. The first-order valence-corrected chi connectivity index (χ1v) is 5.91. The van der Waals surface area contributed by atoms with Gasteiger partial charge in [-0.05, 0) is 5.92 Å². The highest BCUT2D eigenvalue weighted by Crippen LogP contribution is 2.00. The number of hydrogen-bond donors (Lipinski definition) is 4. The second-order valence-corrected chi connectivity index (χ2v) is 4.24. The molecule has 0 bridgehead atoms. The van der Waals surface area contributed by atoms with E-state index in [2.05, 4.69) is 16.0 Å². The van der Waals surface area contributed by atoms with Gasteiger partial charge < -0.3 is 15.2 Å². The molecule has 3 amide bonds. The molecule has 19 heavy (non-hydrogen) atoms. The van der Waals surface area contributed by atoms with E-state index in [0.29, 0.717) is 6.61 Å². The summed E-state index contributed by atoms with van der Waals surface area (Å²) < 4.78 is 4.72. The molecule has 0 aliphatic rings. The number of ether oxygens (including phenoxy) is 1. The monoisotopic (exact) mass is 275 g/mol. The fourth-order valence-corrected chi connectivity index (χ4v) is 1.29. The van der Waals surface area contributed by atoms with E-state index < -0.39 is 23.9 Å². The fourth-order valence-electron chi connectivity index (χ4n) is 1.29. The highest BCUT2D eigenvalue weighted by molar-refractivity contribution is 5.95. The molecule has 0 aromatic heterocycles. The van der Waals surface area contributed by atoms with E-state index in [4.69, 9.17) is 9.84 Å². The molecule has 0 spiro atoms. The number of hydrogen-bond acceptors (Lipinski definition) is 5. The van der Waals surface area contributed by atoms with Crippen LogP contribution in [0.4, 0.5) is 4.79 Å². The smallest absolute Gasteiger partial charge is 0.321 e. The lowest BCUT2D eigenvalue weighted by molar-refractivity contribution is -0.140. The van der Waals surface area contributed by atoms with Crippen molar-refractivity contribution < 1.29 is 24.2 Å². The molecule has 0 aromatic carbocycles. The van der Waals surface area contributed by atoms with E-state index in [1.807, 2.05) is 0 Å². The lowest BCUT2D eigenvalue weighted by Crippen LogP contribution is -2.48. The summed E-state index contributed by atoms with van der Waals surface area (Å²) in [6, 6.07) is -1.47. The predicted molar refractivity (Wildman–Crippen MR) is 67.7 cm³/mol. The number of aliphatic carboxylic acids is 1. The number of carbonyl (C=O) groups excluding carboxylic acids is 2. The molecule has 0 saturated carbocycles. The van der Waals surface area contributed by atoms with E-state index in [1.165, 1.54) is 7.11 Å². The van der Waals surface area contributed by atoms with Crippen molar-refractivity contribution in [2.45, 2.75) is 19.9 Å². The maximum Gasteiger partial charge on any atom is 0.321 e. The molecule has 0 heterocycles. The molecule has 4 N–H and O–H groups in total. The topological polar surface area (TPSA) is 117 Å². The number of urea groups is 1. The lowest BCUT2D eigenvalue weighted by Gasteiger charge is -2.17. The first kappa shape index (κ1) is 17.3. The highest BCUT2D eigenvalue weighted by Gasteiger charge is 2.21. The molecule has 0 aliphatic heterocycles. The lowest BCUT2D eigenvalue weighted by atomic mass is 10.1. The molecular weight excluding hydrogens is 254 g/mol. The minimum atomic E-state index is -1.03. The van der Waals surface area contributed by atoms with Gasteiger partial charge in [-0.15, -0.1) is 0 Å². The van der Waals surface area contributed by atoms with E-state index in [0.717, 1.165) is 0 Å². The van der Waals surface area contributed by atoms with Crippen LogP contribution in [-0.4, -0.2) is 55.9 Å². The van der Waals surface area contributed by atoms with Crippen LogP contribution in [0.1, 0.15) is 13.8 Å². The number of carbonyl (C=O) groups is 3. The molecule has 8 heteroatoms. The zero-order chi connectivity index (χ0) is 14.8. The van der Waals surface area contributed by atoms with Gasteiger partial charge in [0.15, 0.2) is 0 Å². The second kappa shape index (κ2) is 9.29. The average Bonchev–Trinajstić information content (AvgIpc) is 2.28. The van der Waals surface area contributed by atoms with Crippen LogP contribution in [0, 0.1) is 5.92 Å². The van der Waals surface area contributed by atoms with Gasteiger partial charge in [0.05, 0.1) is 13.2 Å². The molecule has 0 radical (unpaired) electrons. The van der Waals surface area contributed by atoms with Gasteiger partial charge in [-0.25, -0.2) is 4.79 Å². The summed E-state index contributed by atoms with van der Waals surface area (Å²) in [6.45, 7) is 3.83. The van der Waals surface area contributed by atoms with Crippen LogP contribution in [0.2, 0.25) is 0 Å². The summed E-state index contributed by atoms with van der Waals surface area (Å²) in [4.78, 5) is 33.4. The normalized spacial score (nSPS) is 12.0. The molecule has 0 saturated heterocycles. The summed E-state index contributed by atoms with van der Waals surface area (Å²) in [5, 5.41) is 15.9. The summed E-state index contributed by atoms with van der Waals surface area (Å²) in [7, 11) is 1.49. The Bertz CT molecular complexity index is 319. The fraction of sp³-hybridized carbons (Fsp3) is 0.727. The molecular formula is C11H21N3O5. The molecule has 1 atom stereocenters. The van der Waals surface area contributed by atoms with Crippen LogP contribution in [-0.2, 0) is 14.3 Å². The second-order valence-electron chi connectivity index (χ2n) is 4.24. The van der Waals surface area contributed by atoms with Crippen molar-refractivity contribution in [1.82, 2.24) is 16.0 Å². The maximum absolute atomic E-state index is 11.4. The number of methoxy groups -OCH3 is 1. The quantitative estimate of drug-likeness (QED) is 0.429. The van der Waals surface area contributed by atoms with Crippen molar-refractivity contribution in [2.24, 2.45) is 5.92 Å². The molecule has 8 nitrogen and oxygen atoms in total. The average molecular weight is 275 g/mol. The molecule has 1 unspecified atom stereocenters. The first-order valence-electron chi connectivity index (χ1n) is 5.91. The number of rotatable bonds is 8. The third-order valence-electron chi connectivity index (χ3n) is 2.26. The van der Waals surface area contributed by atoms with Crippen molar-refractivity contribution in [3.8, 4) is 0 Å². The number of carboxylic acids is 1. The van der Waals surface area contributed by atoms with Gasteiger partial charge in [-0.1, -0.05) is 13.8 Å². The standard InChI is InChI=1S/C11H21N3O5/c1-7(2)9(10(16)17)13-6-8(15)14-11(18)12-4-5-19-3/h7,9,13H,4-6H2,1-3H3,(H,16,17)(H2,12,14,15,18). The summed E-state index contributed by atoms with van der Waals surface area (Å²) in [5.74, 6) is -1.80. The van der Waals surface area contributed by atoms with Gasteiger partial charge in [-0.3, -0.25) is 20.2 Å². The Kier molecular flexibility index (Phi) is 8.47. The summed E-state index contributed by atoms with van der Waals surface area (Å²) in [6.07, 6.45) is 0. The van der Waals surface area contributed by atoms with Crippen LogP contribution in [0.15, 0.2) is 0 Å². The van der Waals surface area contributed by atoms with Gasteiger partial charge in [0, 0.05) is 13.7 Å². The third-order valence-corrected chi connectivity index (χ3v) is 2.26. The summed E-state index contributed by atoms with van der Waals surface area (Å²) in [5.41, 5.74) is 0. The van der Waals surface area contributed by atoms with Crippen LogP contribution < -0.4 is 16.0 Å². The van der Waals surface area contributed by atoms with Crippen LogP contribution in [0.3, 0.4) is 0 Å². The largest absolute Gasteiger partial charge is 0.480 e. The van der Waals surface area contributed by atoms with Crippen LogP contribution in [0.25, 0.3) is 0 Å². The van der Waals surface area contributed by atoms with Crippen LogP contribution >= 0.6 is 0 Å². The third kappa shape index (κ3) is 8.11. The Morgan fingerprint density at radius 1 is 1.26 bits per heavy atom. The van der Waals surface area contributed by atoms with Crippen molar-refractivity contribution in [1.29, 1.82) is 0 Å². The molecule has 0 fully saturated rings. The Morgan fingerprint density at radius 2 is 1.89 bits per heavy atom.